The van der Waals surface area contributed by atoms with Crippen LogP contribution in [0.2, 0.25) is 0 Å². The molecule has 0 unspecified atom stereocenters. The van der Waals surface area contributed by atoms with E-state index in [2.05, 4.69) is 58.9 Å². The maximum Gasteiger partial charge on any atom is 0.340 e. The van der Waals surface area contributed by atoms with Gasteiger partial charge >= 0.3 is 5.97 Å². The van der Waals surface area contributed by atoms with E-state index in [1.807, 2.05) is 37.3 Å². The molecule has 5 nitrogen and oxygen atoms in total. The summed E-state index contributed by atoms with van der Waals surface area (Å²) in [7, 11) is 0. The number of aryl methyl sites for hydroxylation is 1. The summed E-state index contributed by atoms with van der Waals surface area (Å²) in [5, 5.41) is 0.937. The Hall–Kier alpha value is -3.99. The lowest BCUT2D eigenvalue weighted by Crippen LogP contribution is -2.08. The molecule has 0 fully saturated rings. The van der Waals surface area contributed by atoms with Crippen LogP contribution in [0.1, 0.15) is 42.0 Å². The van der Waals surface area contributed by atoms with Crippen LogP contribution in [-0.2, 0) is 17.7 Å². The molecule has 0 radical (unpaired) electrons. The standard InChI is InChI=1S/C29H27N3O2/c1-3-9-27-31-25-12-7-8-13-26(25)32(27)19-20-14-16-21(17-15-20)28-22-10-5-6-11-24(22)30-18-23(28)29(33)34-4-2/h5-8,10-18H,3-4,9,19H2,1-2H3. The fourth-order valence-corrected chi connectivity index (χ4v) is 4.49. The number of fused-ring (bicyclic) bond motifs is 2. The minimum atomic E-state index is -0.353. The van der Waals surface area contributed by atoms with Gasteiger partial charge in [0.15, 0.2) is 0 Å². The molecule has 5 aromatic rings. The molecule has 170 valence electrons. The van der Waals surface area contributed by atoms with Crippen LogP contribution in [0.4, 0.5) is 0 Å². The lowest BCUT2D eigenvalue weighted by atomic mass is 9.95. The summed E-state index contributed by atoms with van der Waals surface area (Å²) >= 11 is 0. The third-order valence-corrected chi connectivity index (χ3v) is 6.06. The second kappa shape index (κ2) is 9.48. The van der Waals surface area contributed by atoms with Gasteiger partial charge in [-0.1, -0.05) is 61.5 Å². The molecule has 5 rings (SSSR count). The Morgan fingerprint density at radius 2 is 1.65 bits per heavy atom. The lowest BCUT2D eigenvalue weighted by molar-refractivity contribution is 0.0527. The van der Waals surface area contributed by atoms with Crippen molar-refractivity contribution in [3.8, 4) is 11.1 Å². The molecule has 3 aromatic carbocycles. The van der Waals surface area contributed by atoms with Gasteiger partial charge in [-0.05, 0) is 42.7 Å². The van der Waals surface area contributed by atoms with Crippen LogP contribution in [0.3, 0.4) is 0 Å². The first kappa shape index (κ1) is 21.8. The Labute approximate surface area is 199 Å². The number of nitrogens with zero attached hydrogens (tertiary/aromatic N) is 3. The van der Waals surface area contributed by atoms with E-state index in [9.17, 15) is 4.79 Å². The van der Waals surface area contributed by atoms with Crippen molar-refractivity contribution in [2.75, 3.05) is 6.61 Å². The van der Waals surface area contributed by atoms with Crippen molar-refractivity contribution < 1.29 is 9.53 Å². The molecule has 0 saturated heterocycles. The Kier molecular flexibility index (Phi) is 6.09. The molecule has 0 spiro atoms. The Balaban J connectivity index is 1.55. The third-order valence-electron chi connectivity index (χ3n) is 6.06. The molecule has 0 saturated carbocycles. The van der Waals surface area contributed by atoms with Crippen LogP contribution in [0.25, 0.3) is 33.1 Å². The highest BCUT2D eigenvalue weighted by atomic mass is 16.5. The Morgan fingerprint density at radius 1 is 0.912 bits per heavy atom. The van der Waals surface area contributed by atoms with E-state index in [1.165, 1.54) is 5.56 Å². The third kappa shape index (κ3) is 4.05. The number of carbonyl (C=O) groups excluding carboxylic acids is 1. The number of pyridine rings is 1. The highest BCUT2D eigenvalue weighted by Crippen LogP contribution is 2.32. The van der Waals surface area contributed by atoms with Gasteiger partial charge in [0.2, 0.25) is 0 Å². The Bertz CT molecular complexity index is 1470. The quantitative estimate of drug-likeness (QED) is 0.269. The number of ether oxygens (including phenoxy) is 1. The monoisotopic (exact) mass is 449 g/mol. The van der Waals surface area contributed by atoms with Crippen molar-refractivity contribution in [1.82, 2.24) is 14.5 Å². The number of hydrogen-bond donors (Lipinski definition) is 0. The van der Waals surface area contributed by atoms with Crippen molar-refractivity contribution >= 4 is 27.9 Å². The number of esters is 1. The fourth-order valence-electron chi connectivity index (χ4n) is 4.49. The van der Waals surface area contributed by atoms with Crippen LogP contribution < -0.4 is 0 Å². The van der Waals surface area contributed by atoms with Crippen molar-refractivity contribution in [3.05, 3.63) is 95.9 Å². The fraction of sp³-hybridized carbons (Fsp3) is 0.207. The summed E-state index contributed by atoms with van der Waals surface area (Å²) in [6.45, 7) is 5.06. The van der Waals surface area contributed by atoms with Gasteiger partial charge in [-0.3, -0.25) is 4.98 Å². The molecule has 0 N–H and O–H groups in total. The molecule has 0 amide bonds. The minimum Gasteiger partial charge on any atom is -0.462 e. The predicted molar refractivity (Wildman–Crippen MR) is 136 cm³/mol. The smallest absolute Gasteiger partial charge is 0.340 e. The first-order valence-electron chi connectivity index (χ1n) is 11.8. The summed E-state index contributed by atoms with van der Waals surface area (Å²) in [6, 6.07) is 24.6. The van der Waals surface area contributed by atoms with Gasteiger partial charge in [0.1, 0.15) is 5.82 Å². The highest BCUT2D eigenvalue weighted by Gasteiger charge is 2.18. The first-order valence-corrected chi connectivity index (χ1v) is 11.8. The van der Waals surface area contributed by atoms with E-state index >= 15 is 0 Å². The second-order valence-electron chi connectivity index (χ2n) is 8.33. The number of hydrogen-bond acceptors (Lipinski definition) is 4. The zero-order chi connectivity index (χ0) is 23.5. The Morgan fingerprint density at radius 3 is 2.41 bits per heavy atom. The SMILES string of the molecule is CCCc1nc2ccccc2n1Cc1ccc(-c2c(C(=O)OCC)cnc3ccccc23)cc1. The van der Waals surface area contributed by atoms with Crippen LogP contribution in [0.5, 0.6) is 0 Å². The van der Waals surface area contributed by atoms with Crippen LogP contribution >= 0.6 is 0 Å². The second-order valence-corrected chi connectivity index (χ2v) is 8.33. The number of aromatic nitrogens is 3. The molecule has 0 atom stereocenters. The molecule has 0 aliphatic rings. The molecular formula is C29H27N3O2. The van der Waals surface area contributed by atoms with Gasteiger partial charge in [0.05, 0.1) is 28.7 Å². The van der Waals surface area contributed by atoms with E-state index < -0.39 is 0 Å². The number of carbonyl (C=O) groups is 1. The van der Waals surface area contributed by atoms with Crippen molar-refractivity contribution in [1.29, 1.82) is 0 Å². The van der Waals surface area contributed by atoms with Crippen LogP contribution in [0, 0.1) is 0 Å². The summed E-state index contributed by atoms with van der Waals surface area (Å²) in [5.74, 6) is 0.756. The van der Waals surface area contributed by atoms with Gasteiger partial charge < -0.3 is 9.30 Å². The molecule has 5 heteroatoms. The van der Waals surface area contributed by atoms with Gasteiger partial charge in [0, 0.05) is 30.1 Å². The maximum atomic E-state index is 12.7. The van der Waals surface area contributed by atoms with Gasteiger partial charge in [0.25, 0.3) is 0 Å². The molecule has 34 heavy (non-hydrogen) atoms. The zero-order valence-electron chi connectivity index (χ0n) is 19.5. The molecule has 2 aromatic heterocycles. The average molecular weight is 450 g/mol. The summed E-state index contributed by atoms with van der Waals surface area (Å²) in [5.41, 5.74) is 6.53. The van der Waals surface area contributed by atoms with Gasteiger partial charge in [-0.2, -0.15) is 0 Å². The number of imidazole rings is 1. The largest absolute Gasteiger partial charge is 0.462 e. The van der Waals surface area contributed by atoms with Crippen molar-refractivity contribution in [2.45, 2.75) is 33.2 Å². The lowest BCUT2D eigenvalue weighted by Gasteiger charge is -2.14. The highest BCUT2D eigenvalue weighted by molar-refractivity contribution is 6.06. The normalized spacial score (nSPS) is 11.2. The minimum absolute atomic E-state index is 0.322. The molecular weight excluding hydrogens is 422 g/mol. The van der Waals surface area contributed by atoms with E-state index in [-0.39, 0.29) is 5.97 Å². The first-order chi connectivity index (χ1) is 16.7. The maximum absolute atomic E-state index is 12.7. The molecule has 2 heterocycles. The predicted octanol–water partition coefficient (Wildman–Crippen LogP) is 6.43. The van der Waals surface area contributed by atoms with E-state index in [0.717, 1.165) is 58.3 Å². The molecule has 0 aliphatic carbocycles. The van der Waals surface area contributed by atoms with E-state index in [4.69, 9.17) is 9.72 Å². The number of rotatable bonds is 7. The topological polar surface area (TPSA) is 57.0 Å². The number of para-hydroxylation sites is 3. The van der Waals surface area contributed by atoms with E-state index in [1.54, 1.807) is 6.20 Å². The van der Waals surface area contributed by atoms with Crippen LogP contribution in [-0.4, -0.2) is 27.1 Å². The summed E-state index contributed by atoms with van der Waals surface area (Å²) in [6.07, 6.45) is 3.62. The van der Waals surface area contributed by atoms with Gasteiger partial charge in [-0.15, -0.1) is 0 Å². The van der Waals surface area contributed by atoms with Crippen molar-refractivity contribution in [2.24, 2.45) is 0 Å². The molecule has 0 bridgehead atoms. The zero-order valence-corrected chi connectivity index (χ0v) is 19.5. The number of benzene rings is 3. The average Bonchev–Trinajstić information content (AvgIpc) is 3.21. The molecule has 0 aliphatic heterocycles. The summed E-state index contributed by atoms with van der Waals surface area (Å²) < 4.78 is 7.63. The van der Waals surface area contributed by atoms with E-state index in [0.29, 0.717) is 12.2 Å². The van der Waals surface area contributed by atoms with Crippen LogP contribution in [0.15, 0.2) is 79.0 Å². The van der Waals surface area contributed by atoms with Gasteiger partial charge in [-0.25, -0.2) is 9.78 Å². The van der Waals surface area contributed by atoms with Crippen molar-refractivity contribution in [3.63, 3.8) is 0 Å². The summed E-state index contributed by atoms with van der Waals surface area (Å²) in [4.78, 5) is 22.0.